The van der Waals surface area contributed by atoms with Gasteiger partial charge in [-0.15, -0.1) is 0 Å². The van der Waals surface area contributed by atoms with E-state index in [0.717, 1.165) is 61.1 Å². The molecule has 5 nitrogen and oxygen atoms in total. The van der Waals surface area contributed by atoms with Crippen LogP contribution in [0.15, 0.2) is 58.5 Å². The van der Waals surface area contributed by atoms with Gasteiger partial charge in [0.15, 0.2) is 5.16 Å². The largest absolute Gasteiger partial charge is 0.418 e. The standard InChI is InChI=1S/C27H26F3N3O2S/c1-2-33-24(35)22-23(18-10-4-3-9-17(18)15-26(22)13-7-8-14-26)32-25(33)36-16-21(34)31-20-12-6-5-11-19(20)27(28,29)30/h3-6,9-12H,2,7-8,13-16H2,1H3,(H,31,34). The average molecular weight is 514 g/mol. The Hall–Kier alpha value is -3.07. The van der Waals surface area contributed by atoms with E-state index in [-0.39, 0.29) is 22.4 Å². The summed E-state index contributed by atoms with van der Waals surface area (Å²) in [7, 11) is 0. The molecule has 0 aliphatic heterocycles. The molecule has 3 aromatic rings. The number of rotatable bonds is 5. The van der Waals surface area contributed by atoms with E-state index in [1.54, 1.807) is 4.57 Å². The molecule has 36 heavy (non-hydrogen) atoms. The van der Waals surface area contributed by atoms with Gasteiger partial charge in [0.25, 0.3) is 5.56 Å². The molecule has 9 heteroatoms. The number of para-hydroxylation sites is 1. The van der Waals surface area contributed by atoms with Crippen molar-refractivity contribution in [2.24, 2.45) is 0 Å². The number of anilines is 1. The van der Waals surface area contributed by atoms with E-state index >= 15 is 0 Å². The molecule has 0 bridgehead atoms. The van der Waals surface area contributed by atoms with Gasteiger partial charge in [-0.25, -0.2) is 4.98 Å². The lowest BCUT2D eigenvalue weighted by Crippen LogP contribution is -2.40. The normalized spacial score (nSPS) is 16.0. The highest BCUT2D eigenvalue weighted by Crippen LogP contribution is 2.50. The third kappa shape index (κ3) is 4.34. The maximum Gasteiger partial charge on any atom is 0.418 e. The van der Waals surface area contributed by atoms with Crippen molar-refractivity contribution < 1.29 is 18.0 Å². The van der Waals surface area contributed by atoms with Crippen molar-refractivity contribution in [2.45, 2.75) is 62.3 Å². The number of carbonyl (C=O) groups excluding carboxylic acids is 1. The van der Waals surface area contributed by atoms with Crippen molar-refractivity contribution >= 4 is 23.4 Å². The van der Waals surface area contributed by atoms with Crippen molar-refractivity contribution in [3.05, 3.63) is 75.6 Å². The number of benzene rings is 2. The quantitative estimate of drug-likeness (QED) is 0.333. The zero-order valence-electron chi connectivity index (χ0n) is 19.8. The van der Waals surface area contributed by atoms with Crippen LogP contribution in [-0.2, 0) is 29.4 Å². The maximum atomic E-state index is 13.8. The first kappa shape index (κ1) is 24.6. The minimum absolute atomic E-state index is 0.0794. The highest BCUT2D eigenvalue weighted by Gasteiger charge is 2.44. The number of nitrogens with zero attached hydrogens (tertiary/aromatic N) is 2. The smallest absolute Gasteiger partial charge is 0.325 e. The molecule has 1 fully saturated rings. The van der Waals surface area contributed by atoms with Gasteiger partial charge in [0, 0.05) is 17.5 Å². The van der Waals surface area contributed by atoms with Crippen LogP contribution in [0.2, 0.25) is 0 Å². The van der Waals surface area contributed by atoms with Crippen LogP contribution in [0.25, 0.3) is 11.3 Å². The number of halogens is 3. The zero-order chi connectivity index (χ0) is 25.5. The number of fused-ring (bicyclic) bond motifs is 4. The molecule has 188 valence electrons. The van der Waals surface area contributed by atoms with Crippen LogP contribution in [0.3, 0.4) is 0 Å². The molecular formula is C27H26F3N3O2S. The number of alkyl halides is 3. The van der Waals surface area contributed by atoms with E-state index in [1.807, 2.05) is 25.1 Å². The first-order valence-electron chi connectivity index (χ1n) is 12.1. The van der Waals surface area contributed by atoms with Gasteiger partial charge in [-0.05, 0) is 43.9 Å². The molecule has 1 N–H and O–H groups in total. The van der Waals surface area contributed by atoms with Crippen LogP contribution in [0.1, 0.15) is 49.3 Å². The maximum absolute atomic E-state index is 13.8. The summed E-state index contributed by atoms with van der Waals surface area (Å²) in [5.41, 5.74) is 2.07. The summed E-state index contributed by atoms with van der Waals surface area (Å²) in [5, 5.41) is 2.76. The second-order valence-corrected chi connectivity index (χ2v) is 10.3. The van der Waals surface area contributed by atoms with E-state index in [2.05, 4.69) is 11.4 Å². The van der Waals surface area contributed by atoms with Gasteiger partial charge in [0.2, 0.25) is 5.91 Å². The van der Waals surface area contributed by atoms with Crippen molar-refractivity contribution in [1.82, 2.24) is 9.55 Å². The lowest BCUT2D eigenvalue weighted by atomic mass is 9.68. The molecule has 1 amide bonds. The SMILES string of the molecule is CCn1c(SCC(=O)Nc2ccccc2C(F)(F)F)nc2c(c1=O)C1(CCCC1)Cc1ccccc1-2. The third-order valence-electron chi connectivity index (χ3n) is 7.18. The number of hydrogen-bond acceptors (Lipinski definition) is 4. The molecule has 2 aliphatic rings. The molecular weight excluding hydrogens is 487 g/mol. The molecule has 2 aliphatic carbocycles. The van der Waals surface area contributed by atoms with Crippen LogP contribution in [0.4, 0.5) is 18.9 Å². The highest BCUT2D eigenvalue weighted by atomic mass is 32.2. The number of aromatic nitrogens is 2. The number of nitrogens with one attached hydrogen (secondary N) is 1. The molecule has 1 aromatic heterocycles. The summed E-state index contributed by atoms with van der Waals surface area (Å²) in [5.74, 6) is -0.775. The third-order valence-corrected chi connectivity index (χ3v) is 8.16. The fourth-order valence-electron chi connectivity index (χ4n) is 5.59. The Morgan fingerprint density at radius 1 is 1.11 bits per heavy atom. The molecule has 0 radical (unpaired) electrons. The van der Waals surface area contributed by atoms with Crippen molar-refractivity contribution in [3.8, 4) is 11.3 Å². The molecule has 0 saturated heterocycles. The summed E-state index contributed by atoms with van der Waals surface area (Å²) in [6.45, 7) is 2.25. The van der Waals surface area contributed by atoms with Gasteiger partial charge in [-0.3, -0.25) is 14.2 Å². The molecule has 1 spiro atoms. The molecule has 0 unspecified atom stereocenters. The molecule has 0 atom stereocenters. The minimum Gasteiger partial charge on any atom is -0.325 e. The Kier molecular flexibility index (Phi) is 6.44. The summed E-state index contributed by atoms with van der Waals surface area (Å²) in [6.07, 6.45) is 0.283. The molecule has 1 heterocycles. The number of thioether (sulfide) groups is 1. The summed E-state index contributed by atoms with van der Waals surface area (Å²) in [4.78, 5) is 31.3. The fourth-order valence-corrected chi connectivity index (χ4v) is 6.45. The lowest BCUT2D eigenvalue weighted by molar-refractivity contribution is -0.137. The van der Waals surface area contributed by atoms with Crippen LogP contribution in [0.5, 0.6) is 0 Å². The second-order valence-electron chi connectivity index (χ2n) is 9.37. The van der Waals surface area contributed by atoms with Crippen LogP contribution >= 0.6 is 11.8 Å². The van der Waals surface area contributed by atoms with E-state index in [1.165, 1.54) is 23.8 Å². The molecule has 5 rings (SSSR count). The summed E-state index contributed by atoms with van der Waals surface area (Å²) < 4.78 is 41.5. The Morgan fingerprint density at radius 3 is 2.53 bits per heavy atom. The van der Waals surface area contributed by atoms with Gasteiger partial charge in [-0.2, -0.15) is 13.2 Å². The van der Waals surface area contributed by atoms with Crippen LogP contribution in [-0.4, -0.2) is 21.2 Å². The van der Waals surface area contributed by atoms with E-state index < -0.39 is 17.6 Å². The average Bonchev–Trinajstić information content (AvgIpc) is 3.30. The van der Waals surface area contributed by atoms with Gasteiger partial charge in [0.05, 0.1) is 28.3 Å². The summed E-state index contributed by atoms with van der Waals surface area (Å²) in [6, 6.07) is 12.9. The van der Waals surface area contributed by atoms with Gasteiger partial charge in [-0.1, -0.05) is 61.0 Å². The first-order valence-corrected chi connectivity index (χ1v) is 13.0. The molecule has 1 saturated carbocycles. The van der Waals surface area contributed by atoms with E-state index in [9.17, 15) is 22.8 Å². The van der Waals surface area contributed by atoms with Crippen LogP contribution in [0, 0.1) is 0 Å². The van der Waals surface area contributed by atoms with Gasteiger partial charge < -0.3 is 5.32 Å². The van der Waals surface area contributed by atoms with Gasteiger partial charge >= 0.3 is 6.18 Å². The molecule has 2 aromatic carbocycles. The summed E-state index contributed by atoms with van der Waals surface area (Å²) >= 11 is 1.06. The van der Waals surface area contributed by atoms with Gasteiger partial charge in [0.1, 0.15) is 0 Å². The van der Waals surface area contributed by atoms with E-state index in [0.29, 0.717) is 17.4 Å². The van der Waals surface area contributed by atoms with E-state index in [4.69, 9.17) is 4.98 Å². The monoisotopic (exact) mass is 513 g/mol. The lowest BCUT2D eigenvalue weighted by Gasteiger charge is -2.36. The Bertz CT molecular complexity index is 1380. The minimum atomic E-state index is -4.58. The predicted molar refractivity (Wildman–Crippen MR) is 134 cm³/mol. The van der Waals surface area contributed by atoms with Crippen LogP contribution < -0.4 is 10.9 Å². The Labute approximate surface area is 211 Å². The predicted octanol–water partition coefficient (Wildman–Crippen LogP) is 6.05. The zero-order valence-corrected chi connectivity index (χ0v) is 20.6. The van der Waals surface area contributed by atoms with Crippen molar-refractivity contribution in [3.63, 3.8) is 0 Å². The Balaban J connectivity index is 1.48. The topological polar surface area (TPSA) is 64.0 Å². The van der Waals surface area contributed by atoms with Crippen molar-refractivity contribution in [2.75, 3.05) is 11.1 Å². The van der Waals surface area contributed by atoms with Crippen molar-refractivity contribution in [1.29, 1.82) is 0 Å². The first-order chi connectivity index (χ1) is 17.2. The number of carbonyl (C=O) groups is 1. The second kappa shape index (κ2) is 9.42. The highest BCUT2D eigenvalue weighted by molar-refractivity contribution is 7.99. The Morgan fingerprint density at radius 2 is 1.81 bits per heavy atom. The number of hydrogen-bond donors (Lipinski definition) is 1. The fraction of sp³-hybridized carbons (Fsp3) is 0.370. The number of amides is 1.